The van der Waals surface area contributed by atoms with Crippen molar-refractivity contribution in [1.29, 1.82) is 0 Å². The number of benzene rings is 1. The molecule has 0 unspecified atom stereocenters. The molecule has 9 heteroatoms. The predicted molar refractivity (Wildman–Crippen MR) is 138 cm³/mol. The minimum atomic E-state index is -0.594. The summed E-state index contributed by atoms with van der Waals surface area (Å²) in [6.45, 7) is 9.95. The first-order valence-electron chi connectivity index (χ1n) is 11.7. The molecule has 2 heterocycles. The number of aromatic nitrogens is 1. The summed E-state index contributed by atoms with van der Waals surface area (Å²) in [5.41, 5.74) is 1.28. The van der Waals surface area contributed by atoms with Gasteiger partial charge in [-0.15, -0.1) is 11.3 Å². The van der Waals surface area contributed by atoms with Crippen LogP contribution >= 0.6 is 11.3 Å². The summed E-state index contributed by atoms with van der Waals surface area (Å²) < 4.78 is 18.6. The highest BCUT2D eigenvalue weighted by molar-refractivity contribution is 7.17. The monoisotopic (exact) mass is 500 g/mol. The van der Waals surface area contributed by atoms with E-state index < -0.39 is 17.7 Å². The summed E-state index contributed by atoms with van der Waals surface area (Å²) >= 11 is 1.37. The van der Waals surface area contributed by atoms with Gasteiger partial charge in [0.25, 0.3) is 5.56 Å². The number of carbonyl (C=O) groups is 2. The zero-order chi connectivity index (χ0) is 25.6. The van der Waals surface area contributed by atoms with Crippen LogP contribution in [0.5, 0.6) is 5.75 Å². The van der Waals surface area contributed by atoms with Gasteiger partial charge in [0.05, 0.1) is 30.0 Å². The summed E-state index contributed by atoms with van der Waals surface area (Å²) in [7, 11) is 0. The van der Waals surface area contributed by atoms with Crippen LogP contribution in [-0.2, 0) is 16.0 Å². The third-order valence-electron chi connectivity index (χ3n) is 4.99. The lowest BCUT2D eigenvalue weighted by atomic mass is 10.1. The number of hydrogen-bond acceptors (Lipinski definition) is 7. The molecule has 8 nitrogen and oxygen atoms in total. The fourth-order valence-corrected chi connectivity index (χ4v) is 4.37. The van der Waals surface area contributed by atoms with Gasteiger partial charge in [0.1, 0.15) is 11.2 Å². The van der Waals surface area contributed by atoms with Crippen LogP contribution < -0.4 is 15.6 Å². The molecule has 1 amide bonds. The maximum atomic E-state index is 13.5. The fraction of sp³-hybridized carbons (Fsp3) is 0.423. The zero-order valence-corrected chi connectivity index (χ0v) is 21.6. The number of unbranched alkanes of at least 4 members (excludes halogenated alkanes) is 1. The van der Waals surface area contributed by atoms with Crippen molar-refractivity contribution >= 4 is 39.3 Å². The largest absolute Gasteiger partial charge is 0.487 e. The molecule has 0 atom stereocenters. The molecule has 0 aliphatic heterocycles. The molecule has 0 bridgehead atoms. The summed E-state index contributed by atoms with van der Waals surface area (Å²) in [4.78, 5) is 38.3. The average molecular weight is 501 g/mol. The van der Waals surface area contributed by atoms with Gasteiger partial charge in [-0.3, -0.25) is 14.7 Å². The second-order valence-electron chi connectivity index (χ2n) is 8.98. The van der Waals surface area contributed by atoms with Crippen LogP contribution in [0.1, 0.15) is 63.4 Å². The fourth-order valence-electron chi connectivity index (χ4n) is 3.44. The van der Waals surface area contributed by atoms with E-state index in [-0.39, 0.29) is 30.0 Å². The van der Waals surface area contributed by atoms with Gasteiger partial charge in [-0.1, -0.05) is 25.5 Å². The molecule has 188 valence electrons. The van der Waals surface area contributed by atoms with Crippen LogP contribution in [0.4, 0.5) is 10.5 Å². The maximum absolute atomic E-state index is 13.5. The number of amides is 1. The quantitative estimate of drug-likeness (QED) is 0.294. The molecule has 0 spiro atoms. The Morgan fingerprint density at radius 3 is 2.43 bits per heavy atom. The third-order valence-corrected chi connectivity index (χ3v) is 5.91. The molecule has 0 saturated heterocycles. The van der Waals surface area contributed by atoms with E-state index in [2.05, 4.69) is 5.32 Å². The van der Waals surface area contributed by atoms with E-state index in [1.54, 1.807) is 44.4 Å². The Kier molecular flexibility index (Phi) is 8.56. The van der Waals surface area contributed by atoms with E-state index in [1.165, 1.54) is 11.3 Å². The van der Waals surface area contributed by atoms with Crippen molar-refractivity contribution in [1.82, 2.24) is 4.57 Å². The van der Waals surface area contributed by atoms with Gasteiger partial charge in [0.15, 0.2) is 0 Å². The van der Waals surface area contributed by atoms with Crippen molar-refractivity contribution in [3.8, 4) is 5.75 Å². The molecule has 0 aliphatic rings. The molecule has 3 rings (SSSR count). The van der Waals surface area contributed by atoms with E-state index in [1.807, 2.05) is 30.5 Å². The molecule has 0 radical (unpaired) electrons. The van der Waals surface area contributed by atoms with E-state index in [0.29, 0.717) is 22.5 Å². The first-order valence-corrected chi connectivity index (χ1v) is 12.6. The van der Waals surface area contributed by atoms with Gasteiger partial charge in [-0.2, -0.15) is 0 Å². The van der Waals surface area contributed by atoms with Crippen LogP contribution in [0.2, 0.25) is 0 Å². The SMILES string of the molecule is CCCCOc1c(C(=O)OCC)c2sccc2n(Cc2ccc(NC(=O)OC(C)(C)C)cc2)c1=O. The van der Waals surface area contributed by atoms with E-state index in [9.17, 15) is 14.4 Å². The van der Waals surface area contributed by atoms with Gasteiger partial charge in [-0.05, 0) is 63.3 Å². The van der Waals surface area contributed by atoms with Gasteiger partial charge in [0, 0.05) is 5.69 Å². The van der Waals surface area contributed by atoms with Gasteiger partial charge in [-0.25, -0.2) is 9.59 Å². The molecule has 0 aliphatic carbocycles. The van der Waals surface area contributed by atoms with Crippen LogP contribution in [0.15, 0.2) is 40.5 Å². The number of esters is 1. The van der Waals surface area contributed by atoms with Crippen molar-refractivity contribution in [3.63, 3.8) is 0 Å². The minimum Gasteiger partial charge on any atom is -0.487 e. The normalized spacial score (nSPS) is 11.3. The highest BCUT2D eigenvalue weighted by atomic mass is 32.1. The Balaban J connectivity index is 1.94. The van der Waals surface area contributed by atoms with Crippen LogP contribution in [0.3, 0.4) is 0 Å². The molecule has 3 aromatic rings. The number of thiophene rings is 1. The molecule has 1 N–H and O–H groups in total. The van der Waals surface area contributed by atoms with Crippen LogP contribution in [0.25, 0.3) is 10.2 Å². The number of pyridine rings is 1. The van der Waals surface area contributed by atoms with Gasteiger partial charge >= 0.3 is 12.1 Å². The van der Waals surface area contributed by atoms with Crippen molar-refractivity contribution in [2.75, 3.05) is 18.5 Å². The molecular weight excluding hydrogens is 468 g/mol. The first-order chi connectivity index (χ1) is 16.6. The van der Waals surface area contributed by atoms with Crippen LogP contribution in [-0.4, -0.2) is 35.4 Å². The number of carbonyl (C=O) groups excluding carboxylic acids is 2. The number of rotatable bonds is 9. The summed E-state index contributed by atoms with van der Waals surface area (Å²) in [5, 5.41) is 4.54. The Hall–Kier alpha value is -3.33. The molecule has 35 heavy (non-hydrogen) atoms. The molecule has 0 saturated carbocycles. The number of fused-ring (bicyclic) bond motifs is 1. The number of anilines is 1. The average Bonchev–Trinajstić information content (AvgIpc) is 3.25. The van der Waals surface area contributed by atoms with Crippen molar-refractivity contribution in [2.45, 2.75) is 59.6 Å². The molecule has 0 fully saturated rings. The number of ether oxygens (including phenoxy) is 3. The van der Waals surface area contributed by atoms with Gasteiger partial charge in [0.2, 0.25) is 5.75 Å². The van der Waals surface area contributed by atoms with E-state index in [0.717, 1.165) is 18.4 Å². The van der Waals surface area contributed by atoms with Crippen molar-refractivity contribution in [2.24, 2.45) is 0 Å². The number of nitrogens with zero attached hydrogens (tertiary/aromatic N) is 1. The van der Waals surface area contributed by atoms with Crippen LogP contribution in [0, 0.1) is 0 Å². The smallest absolute Gasteiger partial charge is 0.412 e. The van der Waals surface area contributed by atoms with E-state index in [4.69, 9.17) is 14.2 Å². The van der Waals surface area contributed by atoms with Gasteiger partial charge < -0.3 is 14.2 Å². The number of nitrogens with one attached hydrogen (secondary N) is 1. The van der Waals surface area contributed by atoms with Crippen molar-refractivity contribution in [3.05, 3.63) is 57.2 Å². The lowest BCUT2D eigenvalue weighted by molar-refractivity contribution is 0.0522. The lowest BCUT2D eigenvalue weighted by Gasteiger charge is -2.19. The Labute approximate surface area is 208 Å². The second-order valence-corrected chi connectivity index (χ2v) is 9.89. The summed E-state index contributed by atoms with van der Waals surface area (Å²) in [6, 6.07) is 8.97. The zero-order valence-electron chi connectivity index (χ0n) is 20.8. The summed E-state index contributed by atoms with van der Waals surface area (Å²) in [5.74, 6) is -0.539. The maximum Gasteiger partial charge on any atom is 0.412 e. The van der Waals surface area contributed by atoms with Crippen molar-refractivity contribution < 1.29 is 23.8 Å². The highest BCUT2D eigenvalue weighted by Crippen LogP contribution is 2.31. The standard InChI is InChI=1S/C26H32N2O6S/c1-6-8-14-33-21-20(24(30)32-7-2)22-19(13-15-35-22)28(23(21)29)16-17-9-11-18(12-10-17)27-25(31)34-26(3,4)5/h9-13,15H,6-8,14,16H2,1-5H3,(H,27,31). The third kappa shape index (κ3) is 6.63. The lowest BCUT2D eigenvalue weighted by Crippen LogP contribution is -2.27. The molecular formula is C26H32N2O6S. The highest BCUT2D eigenvalue weighted by Gasteiger charge is 2.25. The predicted octanol–water partition coefficient (Wildman–Crippen LogP) is 5.81. The second kappa shape index (κ2) is 11.4. The Bertz CT molecular complexity index is 1240. The minimum absolute atomic E-state index is 0.0232. The Morgan fingerprint density at radius 1 is 1.09 bits per heavy atom. The Morgan fingerprint density at radius 2 is 1.80 bits per heavy atom. The molecule has 2 aromatic heterocycles. The summed E-state index contributed by atoms with van der Waals surface area (Å²) in [6.07, 6.45) is 1.12. The topological polar surface area (TPSA) is 95.9 Å². The molecule has 1 aromatic carbocycles. The van der Waals surface area contributed by atoms with E-state index >= 15 is 0 Å². The first kappa shape index (κ1) is 26.3. The number of hydrogen-bond donors (Lipinski definition) is 1.